The van der Waals surface area contributed by atoms with Gasteiger partial charge in [0.25, 0.3) is 5.91 Å². The van der Waals surface area contributed by atoms with E-state index in [1.54, 1.807) is 6.20 Å². The van der Waals surface area contributed by atoms with Gasteiger partial charge in [0.2, 0.25) is 0 Å². The minimum atomic E-state index is 0.0979. The Labute approximate surface area is 165 Å². The van der Waals surface area contributed by atoms with Gasteiger partial charge in [-0.05, 0) is 62.8 Å². The molecule has 1 N–H and O–H groups in total. The molecule has 1 amide bonds. The molecular formula is C21H27ClN4O. The van der Waals surface area contributed by atoms with Crippen LogP contribution in [0, 0.1) is 5.92 Å². The Balaban J connectivity index is 1.44. The normalized spacial score (nSPS) is 18.1. The van der Waals surface area contributed by atoms with Crippen molar-refractivity contribution in [3.8, 4) is 5.69 Å². The lowest BCUT2D eigenvalue weighted by molar-refractivity contribution is 0.0704. The third-order valence-corrected chi connectivity index (χ3v) is 5.90. The minimum absolute atomic E-state index is 0.0979. The number of halogens is 1. The number of carbonyl (C=O) groups excluding carboxylic acids is 1. The van der Waals surface area contributed by atoms with E-state index in [0.717, 1.165) is 56.2 Å². The largest absolute Gasteiger partial charge is 0.338 e. The average Bonchev–Trinajstić information content (AvgIpc) is 3.42. The molecule has 2 aromatic rings. The zero-order chi connectivity index (χ0) is 18.8. The summed E-state index contributed by atoms with van der Waals surface area (Å²) in [5, 5.41) is 8.82. The van der Waals surface area contributed by atoms with Gasteiger partial charge in [-0.2, -0.15) is 5.10 Å². The van der Waals surface area contributed by atoms with E-state index >= 15 is 0 Å². The second-order valence-electron chi connectivity index (χ2n) is 7.67. The van der Waals surface area contributed by atoms with E-state index in [1.165, 1.54) is 12.8 Å². The summed E-state index contributed by atoms with van der Waals surface area (Å²) in [7, 11) is 0. The molecule has 0 unspecified atom stereocenters. The zero-order valence-electron chi connectivity index (χ0n) is 15.8. The molecule has 1 aromatic carbocycles. The molecule has 2 aliphatic rings. The molecule has 2 fully saturated rings. The number of nitrogens with zero attached hydrogens (tertiary/aromatic N) is 3. The summed E-state index contributed by atoms with van der Waals surface area (Å²) in [6.45, 7) is 4.83. The van der Waals surface area contributed by atoms with E-state index in [1.807, 2.05) is 33.8 Å². The number of piperidine rings is 1. The van der Waals surface area contributed by atoms with Crippen LogP contribution in [-0.4, -0.2) is 46.3 Å². The summed E-state index contributed by atoms with van der Waals surface area (Å²) in [5.41, 5.74) is 2.54. The minimum Gasteiger partial charge on any atom is -0.338 e. The Morgan fingerprint density at radius 2 is 2.04 bits per heavy atom. The number of aromatic nitrogens is 2. The second kappa shape index (κ2) is 8.03. The number of hydrogen-bond acceptors (Lipinski definition) is 3. The van der Waals surface area contributed by atoms with Crippen molar-refractivity contribution in [2.24, 2.45) is 5.92 Å². The van der Waals surface area contributed by atoms with Gasteiger partial charge in [-0.3, -0.25) is 4.79 Å². The fourth-order valence-corrected chi connectivity index (χ4v) is 4.02. The summed E-state index contributed by atoms with van der Waals surface area (Å²) in [4.78, 5) is 15.1. The Morgan fingerprint density at radius 3 is 2.70 bits per heavy atom. The smallest absolute Gasteiger partial charge is 0.257 e. The predicted octanol–water partition coefficient (Wildman–Crippen LogP) is 3.69. The summed E-state index contributed by atoms with van der Waals surface area (Å²) < 4.78 is 1.84. The Morgan fingerprint density at radius 1 is 1.26 bits per heavy atom. The zero-order valence-corrected chi connectivity index (χ0v) is 16.6. The molecule has 5 nitrogen and oxygen atoms in total. The molecule has 1 saturated carbocycles. The third-order valence-electron chi connectivity index (χ3n) is 5.66. The Hall–Kier alpha value is -1.85. The van der Waals surface area contributed by atoms with Gasteiger partial charge in [0.05, 0.1) is 23.1 Å². The van der Waals surface area contributed by atoms with E-state index in [-0.39, 0.29) is 5.91 Å². The number of rotatable bonds is 6. The van der Waals surface area contributed by atoms with Crippen LogP contribution >= 0.6 is 11.6 Å². The van der Waals surface area contributed by atoms with E-state index < -0.39 is 0 Å². The first-order valence-corrected chi connectivity index (χ1v) is 10.4. The van der Waals surface area contributed by atoms with Gasteiger partial charge in [-0.25, -0.2) is 4.68 Å². The van der Waals surface area contributed by atoms with Crippen molar-refractivity contribution in [2.75, 3.05) is 19.6 Å². The number of carbonyl (C=O) groups is 1. The molecule has 0 bridgehead atoms. The molecule has 4 rings (SSSR count). The van der Waals surface area contributed by atoms with Crippen LogP contribution in [0.15, 0.2) is 30.5 Å². The molecule has 1 aliphatic heterocycles. The van der Waals surface area contributed by atoms with Crippen molar-refractivity contribution in [1.82, 2.24) is 20.0 Å². The Bertz CT molecular complexity index is 806. The summed E-state index contributed by atoms with van der Waals surface area (Å²) >= 11 is 6.12. The topological polar surface area (TPSA) is 50.2 Å². The van der Waals surface area contributed by atoms with Crippen molar-refractivity contribution in [2.45, 2.75) is 45.1 Å². The van der Waals surface area contributed by atoms with Crippen molar-refractivity contribution in [1.29, 1.82) is 0 Å². The summed E-state index contributed by atoms with van der Waals surface area (Å²) in [6, 6.07) is 8.13. The average molecular weight is 387 g/mol. The monoisotopic (exact) mass is 386 g/mol. The van der Waals surface area contributed by atoms with Crippen LogP contribution in [-0.2, 0) is 6.42 Å². The first kappa shape index (κ1) is 18.5. The lowest BCUT2D eigenvalue weighted by Gasteiger charge is -2.32. The van der Waals surface area contributed by atoms with Crippen molar-refractivity contribution >= 4 is 17.5 Å². The number of likely N-dealkylation sites (tertiary alicyclic amines) is 1. The van der Waals surface area contributed by atoms with Crippen molar-refractivity contribution in [3.63, 3.8) is 0 Å². The van der Waals surface area contributed by atoms with Gasteiger partial charge in [-0.15, -0.1) is 0 Å². The van der Waals surface area contributed by atoms with Crippen LogP contribution < -0.4 is 5.32 Å². The maximum atomic E-state index is 13.1. The van der Waals surface area contributed by atoms with Crippen LogP contribution in [0.25, 0.3) is 5.69 Å². The van der Waals surface area contributed by atoms with Crippen LogP contribution in [0.5, 0.6) is 0 Å². The van der Waals surface area contributed by atoms with Gasteiger partial charge in [0, 0.05) is 24.2 Å². The molecule has 0 atom stereocenters. The van der Waals surface area contributed by atoms with Gasteiger partial charge < -0.3 is 10.2 Å². The highest BCUT2D eigenvalue weighted by molar-refractivity contribution is 6.30. The summed E-state index contributed by atoms with van der Waals surface area (Å²) in [6.07, 6.45) is 7.26. The fraction of sp³-hybridized carbons (Fsp3) is 0.524. The predicted molar refractivity (Wildman–Crippen MR) is 108 cm³/mol. The van der Waals surface area contributed by atoms with Crippen LogP contribution in [0.3, 0.4) is 0 Å². The lowest BCUT2D eigenvalue weighted by atomic mass is 10.0. The quantitative estimate of drug-likeness (QED) is 0.823. The van der Waals surface area contributed by atoms with Gasteiger partial charge >= 0.3 is 0 Å². The molecule has 6 heteroatoms. The van der Waals surface area contributed by atoms with Crippen molar-refractivity contribution in [3.05, 3.63) is 46.7 Å². The second-order valence-corrected chi connectivity index (χ2v) is 8.10. The molecule has 1 saturated heterocycles. The number of nitrogens with one attached hydrogen (secondary N) is 1. The van der Waals surface area contributed by atoms with E-state index in [2.05, 4.69) is 17.3 Å². The molecule has 0 spiro atoms. The molecule has 27 heavy (non-hydrogen) atoms. The number of benzene rings is 1. The number of amides is 1. The molecular weight excluding hydrogens is 360 g/mol. The molecule has 1 aromatic heterocycles. The van der Waals surface area contributed by atoms with Gasteiger partial charge in [-0.1, -0.05) is 24.6 Å². The van der Waals surface area contributed by atoms with E-state index in [9.17, 15) is 4.79 Å². The lowest BCUT2D eigenvalue weighted by Crippen LogP contribution is -2.45. The summed E-state index contributed by atoms with van der Waals surface area (Å²) in [5.74, 6) is 0.995. The van der Waals surface area contributed by atoms with E-state index in [4.69, 9.17) is 11.6 Å². The third kappa shape index (κ3) is 4.19. The highest BCUT2D eigenvalue weighted by atomic mass is 35.5. The Kier molecular flexibility index (Phi) is 5.50. The maximum absolute atomic E-state index is 13.1. The first-order chi connectivity index (χ1) is 13.2. The highest BCUT2D eigenvalue weighted by Crippen LogP contribution is 2.28. The van der Waals surface area contributed by atoms with Crippen LogP contribution in [0.4, 0.5) is 0 Å². The SMILES string of the molecule is CCc1c(C(=O)N2CCC(NCC3CC3)CC2)cnn1-c1cccc(Cl)c1. The van der Waals surface area contributed by atoms with Crippen molar-refractivity contribution < 1.29 is 4.79 Å². The van der Waals surface area contributed by atoms with Gasteiger partial charge in [0.1, 0.15) is 0 Å². The highest BCUT2D eigenvalue weighted by Gasteiger charge is 2.28. The first-order valence-electron chi connectivity index (χ1n) is 10.0. The molecule has 144 valence electrons. The molecule has 2 heterocycles. The van der Waals surface area contributed by atoms with Gasteiger partial charge in [0.15, 0.2) is 0 Å². The molecule has 1 aliphatic carbocycles. The van der Waals surface area contributed by atoms with Crippen LogP contribution in [0.1, 0.15) is 48.7 Å². The maximum Gasteiger partial charge on any atom is 0.257 e. The molecule has 0 radical (unpaired) electrons. The standard InChI is InChI=1S/C21H27ClN4O/c1-2-20-19(14-24-26(20)18-5-3-4-16(22)12-18)21(27)25-10-8-17(9-11-25)23-13-15-6-7-15/h3-5,12,14-15,17,23H,2,6-11,13H2,1H3. The van der Waals surface area contributed by atoms with E-state index in [0.29, 0.717) is 16.6 Å². The number of hydrogen-bond donors (Lipinski definition) is 1. The van der Waals surface area contributed by atoms with Crippen LogP contribution in [0.2, 0.25) is 5.02 Å². The fourth-order valence-electron chi connectivity index (χ4n) is 3.84.